The van der Waals surface area contributed by atoms with Crippen molar-refractivity contribution in [3.8, 4) is 0 Å². The Labute approximate surface area is 53.6 Å². The van der Waals surface area contributed by atoms with E-state index in [4.69, 9.17) is 5.11 Å². The highest BCUT2D eigenvalue weighted by Gasteiger charge is 2.21. The molecule has 54 valence electrons. The lowest BCUT2D eigenvalue weighted by atomic mass is 10.1. The van der Waals surface area contributed by atoms with Crippen LogP contribution in [0.1, 0.15) is 20.3 Å². The molecule has 0 aromatic rings. The highest BCUT2D eigenvalue weighted by atomic mass is 16.6. The number of nitrogens with zero attached hydrogens (tertiary/aromatic N) is 1. The van der Waals surface area contributed by atoms with Crippen molar-refractivity contribution in [3.63, 3.8) is 0 Å². The molecule has 0 fully saturated rings. The quantitative estimate of drug-likeness (QED) is 0.448. The summed E-state index contributed by atoms with van der Waals surface area (Å²) in [6.07, 6.45) is -0.373. The van der Waals surface area contributed by atoms with Crippen molar-refractivity contribution < 1.29 is 10.0 Å². The van der Waals surface area contributed by atoms with Gasteiger partial charge in [-0.2, -0.15) is 0 Å². The zero-order valence-electron chi connectivity index (χ0n) is 5.57. The van der Waals surface area contributed by atoms with Gasteiger partial charge in [0.15, 0.2) is 0 Å². The molecule has 0 aliphatic carbocycles. The maximum absolute atomic E-state index is 9.95. The van der Waals surface area contributed by atoms with Gasteiger partial charge in [0.2, 0.25) is 6.04 Å². The molecule has 4 heteroatoms. The maximum atomic E-state index is 9.95. The summed E-state index contributed by atoms with van der Waals surface area (Å²) >= 11 is 0. The molecule has 1 unspecified atom stereocenters. The second kappa shape index (κ2) is 3.40. The molecule has 0 heterocycles. The summed E-state index contributed by atoms with van der Waals surface area (Å²) in [5, 5.41) is 18.8. The van der Waals surface area contributed by atoms with Gasteiger partial charge in [-0.25, -0.2) is 0 Å². The Bertz CT molecular complexity index is 104. The van der Waals surface area contributed by atoms with Crippen molar-refractivity contribution in [2.75, 3.05) is 0 Å². The fraction of sp³-hybridized carbons (Fsp3) is 1.00. The van der Waals surface area contributed by atoms with E-state index in [1.165, 1.54) is 6.92 Å². The second-order valence-electron chi connectivity index (χ2n) is 2.00. The van der Waals surface area contributed by atoms with E-state index < -0.39 is 17.1 Å². The third-order valence-electron chi connectivity index (χ3n) is 1.31. The topological polar surface area (TPSA) is 63.4 Å². The zero-order valence-corrected chi connectivity index (χ0v) is 5.57. The number of aliphatic hydroxyl groups excluding tert-OH is 1. The van der Waals surface area contributed by atoms with E-state index in [1.807, 2.05) is 0 Å². The molecule has 0 rings (SSSR count). The van der Waals surface area contributed by atoms with Gasteiger partial charge >= 0.3 is 0 Å². The predicted molar refractivity (Wildman–Crippen MR) is 32.8 cm³/mol. The molecule has 0 aliphatic heterocycles. The lowest BCUT2D eigenvalue weighted by Crippen LogP contribution is -2.29. The molecule has 0 aliphatic rings. The van der Waals surface area contributed by atoms with Crippen LogP contribution in [0.15, 0.2) is 0 Å². The largest absolute Gasteiger partial charge is 0.386 e. The van der Waals surface area contributed by atoms with Crippen LogP contribution in [0.4, 0.5) is 0 Å². The van der Waals surface area contributed by atoms with Gasteiger partial charge in [0, 0.05) is 11.8 Å². The molecular formula is C5H11NO3. The first kappa shape index (κ1) is 8.36. The predicted octanol–water partition coefficient (Wildman–Crippen LogP) is 0.422. The minimum atomic E-state index is -0.838. The van der Waals surface area contributed by atoms with Crippen LogP contribution in [0.3, 0.4) is 0 Å². The standard InChI is InChI=1S/C5H11NO3/c1-3-5(7)4(2)6(8)9/h4-5,7H,3H2,1-2H3/t4?,5-/m1/s1. The number of nitro groups is 1. The normalized spacial score (nSPS) is 16.8. The average Bonchev–Trinajstić information content (AvgIpc) is 1.84. The van der Waals surface area contributed by atoms with Crippen LogP contribution in [0.25, 0.3) is 0 Å². The second-order valence-corrected chi connectivity index (χ2v) is 2.00. The molecule has 2 atom stereocenters. The first-order chi connectivity index (χ1) is 4.09. The van der Waals surface area contributed by atoms with Gasteiger partial charge in [0.25, 0.3) is 0 Å². The van der Waals surface area contributed by atoms with Crippen molar-refractivity contribution in [2.24, 2.45) is 0 Å². The van der Waals surface area contributed by atoms with E-state index in [0.29, 0.717) is 6.42 Å². The molecular weight excluding hydrogens is 122 g/mol. The van der Waals surface area contributed by atoms with Crippen LogP contribution in [0.2, 0.25) is 0 Å². The smallest absolute Gasteiger partial charge is 0.235 e. The van der Waals surface area contributed by atoms with Crippen molar-refractivity contribution in [1.29, 1.82) is 0 Å². The Hall–Kier alpha value is -0.640. The lowest BCUT2D eigenvalue weighted by Gasteiger charge is -2.07. The van der Waals surface area contributed by atoms with E-state index in [0.717, 1.165) is 0 Å². The van der Waals surface area contributed by atoms with Crippen LogP contribution in [-0.4, -0.2) is 22.2 Å². The SMILES string of the molecule is CC[C@@H](O)C(C)[N+](=O)[O-]. The van der Waals surface area contributed by atoms with Crippen molar-refractivity contribution in [1.82, 2.24) is 0 Å². The summed E-state index contributed by atoms with van der Waals surface area (Å²) in [5.74, 6) is 0. The van der Waals surface area contributed by atoms with Crippen molar-refractivity contribution >= 4 is 0 Å². The van der Waals surface area contributed by atoms with Gasteiger partial charge in [-0.05, 0) is 6.42 Å². The van der Waals surface area contributed by atoms with Gasteiger partial charge in [-0.1, -0.05) is 6.92 Å². The number of hydrogen-bond acceptors (Lipinski definition) is 3. The molecule has 1 N–H and O–H groups in total. The Morgan fingerprint density at radius 3 is 2.33 bits per heavy atom. The Kier molecular flexibility index (Phi) is 3.16. The van der Waals surface area contributed by atoms with E-state index in [9.17, 15) is 10.1 Å². The molecule has 0 saturated heterocycles. The Morgan fingerprint density at radius 2 is 2.22 bits per heavy atom. The maximum Gasteiger partial charge on any atom is 0.235 e. The van der Waals surface area contributed by atoms with Gasteiger partial charge in [-0.15, -0.1) is 0 Å². The molecule has 0 aromatic heterocycles. The van der Waals surface area contributed by atoms with Gasteiger partial charge < -0.3 is 5.11 Å². The molecule has 0 radical (unpaired) electrons. The summed E-state index contributed by atoms with van der Waals surface area (Å²) in [7, 11) is 0. The summed E-state index contributed by atoms with van der Waals surface area (Å²) < 4.78 is 0. The van der Waals surface area contributed by atoms with E-state index >= 15 is 0 Å². The van der Waals surface area contributed by atoms with Crippen LogP contribution in [0, 0.1) is 10.1 Å². The zero-order chi connectivity index (χ0) is 7.44. The molecule has 0 amide bonds. The number of aliphatic hydroxyl groups is 1. The van der Waals surface area contributed by atoms with Gasteiger partial charge in [0.05, 0.1) is 0 Å². The van der Waals surface area contributed by atoms with E-state index in [1.54, 1.807) is 6.92 Å². The summed E-state index contributed by atoms with van der Waals surface area (Å²) in [6.45, 7) is 3.11. The fourth-order valence-corrected chi connectivity index (χ4v) is 0.482. The molecule has 0 saturated carbocycles. The van der Waals surface area contributed by atoms with Crippen molar-refractivity contribution in [2.45, 2.75) is 32.4 Å². The summed E-state index contributed by atoms with van der Waals surface area (Å²) in [6, 6.07) is -0.838. The molecule has 0 spiro atoms. The van der Waals surface area contributed by atoms with Crippen LogP contribution in [0.5, 0.6) is 0 Å². The molecule has 9 heavy (non-hydrogen) atoms. The Balaban J connectivity index is 3.72. The highest BCUT2D eigenvalue weighted by molar-refractivity contribution is 4.58. The lowest BCUT2D eigenvalue weighted by molar-refractivity contribution is -0.529. The van der Waals surface area contributed by atoms with Crippen LogP contribution < -0.4 is 0 Å². The van der Waals surface area contributed by atoms with E-state index in [-0.39, 0.29) is 0 Å². The fourth-order valence-electron chi connectivity index (χ4n) is 0.482. The van der Waals surface area contributed by atoms with Crippen LogP contribution >= 0.6 is 0 Å². The minimum absolute atomic E-state index is 0.433. The molecule has 4 nitrogen and oxygen atoms in total. The highest BCUT2D eigenvalue weighted by Crippen LogP contribution is 1.99. The van der Waals surface area contributed by atoms with Crippen LogP contribution in [-0.2, 0) is 0 Å². The third-order valence-corrected chi connectivity index (χ3v) is 1.31. The third kappa shape index (κ3) is 2.41. The van der Waals surface area contributed by atoms with Gasteiger partial charge in [0.1, 0.15) is 6.10 Å². The number of rotatable bonds is 3. The van der Waals surface area contributed by atoms with Crippen molar-refractivity contribution in [3.05, 3.63) is 10.1 Å². The average molecular weight is 133 g/mol. The first-order valence-electron chi connectivity index (χ1n) is 2.91. The number of hydrogen-bond donors (Lipinski definition) is 1. The summed E-state index contributed by atoms with van der Waals surface area (Å²) in [4.78, 5) is 9.47. The molecule has 0 bridgehead atoms. The minimum Gasteiger partial charge on any atom is -0.386 e. The molecule has 0 aromatic carbocycles. The first-order valence-corrected chi connectivity index (χ1v) is 2.91. The Morgan fingerprint density at radius 1 is 1.78 bits per heavy atom. The monoisotopic (exact) mass is 133 g/mol. The summed E-state index contributed by atoms with van der Waals surface area (Å²) in [5.41, 5.74) is 0. The van der Waals surface area contributed by atoms with Gasteiger partial charge in [-0.3, -0.25) is 10.1 Å². The van der Waals surface area contributed by atoms with E-state index in [2.05, 4.69) is 0 Å².